The van der Waals surface area contributed by atoms with Crippen LogP contribution in [0.2, 0.25) is 0 Å². The van der Waals surface area contributed by atoms with Gasteiger partial charge >= 0.3 is 6.03 Å². The minimum Gasteiger partial charge on any atom is -0.326 e. The Hall–Kier alpha value is -2.34. The van der Waals surface area contributed by atoms with Crippen molar-refractivity contribution in [3.8, 4) is 0 Å². The van der Waals surface area contributed by atoms with Gasteiger partial charge in [-0.1, -0.05) is 18.2 Å². The zero-order valence-electron chi connectivity index (χ0n) is 11.3. The van der Waals surface area contributed by atoms with Gasteiger partial charge in [0.1, 0.15) is 5.82 Å². The van der Waals surface area contributed by atoms with Crippen molar-refractivity contribution in [2.24, 2.45) is 5.84 Å². The van der Waals surface area contributed by atoms with Crippen molar-refractivity contribution < 1.29 is 4.79 Å². The minimum atomic E-state index is 0.0427. The van der Waals surface area contributed by atoms with E-state index in [1.54, 1.807) is 9.80 Å². The molecule has 2 heterocycles. The largest absolute Gasteiger partial charge is 0.326 e. The number of hydrogen-bond donors (Lipinski definition) is 2. The van der Waals surface area contributed by atoms with E-state index in [1.807, 2.05) is 37.4 Å². The highest BCUT2D eigenvalue weighted by atomic mass is 16.2. The lowest BCUT2D eigenvalue weighted by Gasteiger charge is -2.18. The van der Waals surface area contributed by atoms with E-state index in [2.05, 4.69) is 10.4 Å². The molecule has 6 nitrogen and oxygen atoms in total. The van der Waals surface area contributed by atoms with Crippen LogP contribution in [0.25, 0.3) is 10.9 Å². The third-order valence-corrected chi connectivity index (χ3v) is 3.60. The van der Waals surface area contributed by atoms with E-state index >= 15 is 0 Å². The molecule has 20 heavy (non-hydrogen) atoms. The van der Waals surface area contributed by atoms with Gasteiger partial charge in [0.15, 0.2) is 0 Å². The number of hydrazine groups is 1. The van der Waals surface area contributed by atoms with Crippen LogP contribution >= 0.6 is 0 Å². The second-order valence-electron chi connectivity index (χ2n) is 4.96. The third-order valence-electron chi connectivity index (χ3n) is 3.60. The van der Waals surface area contributed by atoms with E-state index in [4.69, 9.17) is 5.84 Å². The molecule has 1 aromatic carbocycles. The Morgan fingerprint density at radius 3 is 2.85 bits per heavy atom. The number of nitrogen functional groups attached to an aromatic ring is 1. The molecule has 1 aromatic heterocycles. The zero-order valence-corrected chi connectivity index (χ0v) is 11.3. The molecular weight excluding hydrogens is 254 g/mol. The first-order chi connectivity index (χ1) is 9.69. The highest BCUT2D eigenvalue weighted by Crippen LogP contribution is 2.22. The molecule has 2 amide bonds. The number of benzene rings is 1. The van der Waals surface area contributed by atoms with Crippen molar-refractivity contribution in [3.05, 3.63) is 35.9 Å². The van der Waals surface area contributed by atoms with E-state index < -0.39 is 0 Å². The average Bonchev–Trinajstić information content (AvgIpc) is 2.78. The first-order valence-corrected chi connectivity index (χ1v) is 6.54. The summed E-state index contributed by atoms with van der Waals surface area (Å²) in [4.78, 5) is 20.0. The lowest BCUT2D eigenvalue weighted by molar-refractivity contribution is 0.197. The normalized spacial score (nSPS) is 15.2. The van der Waals surface area contributed by atoms with E-state index in [0.717, 1.165) is 29.6 Å². The van der Waals surface area contributed by atoms with Gasteiger partial charge in [0, 0.05) is 31.1 Å². The predicted octanol–water partition coefficient (Wildman–Crippen LogP) is 1.39. The van der Waals surface area contributed by atoms with Gasteiger partial charge in [-0.05, 0) is 12.1 Å². The molecule has 1 saturated heterocycles. The van der Waals surface area contributed by atoms with Crippen molar-refractivity contribution in [1.29, 1.82) is 0 Å². The Balaban J connectivity index is 1.96. The summed E-state index contributed by atoms with van der Waals surface area (Å²) < 4.78 is 0. The second-order valence-corrected chi connectivity index (χ2v) is 4.96. The quantitative estimate of drug-likeness (QED) is 0.653. The van der Waals surface area contributed by atoms with Gasteiger partial charge in [-0.25, -0.2) is 15.6 Å². The number of hydrogen-bond acceptors (Lipinski definition) is 4. The van der Waals surface area contributed by atoms with Gasteiger partial charge < -0.3 is 15.2 Å². The molecule has 2 aromatic rings. The number of nitrogens with zero attached hydrogens (tertiary/aromatic N) is 3. The second kappa shape index (κ2) is 4.97. The lowest BCUT2D eigenvalue weighted by atomic mass is 10.1. The Morgan fingerprint density at radius 2 is 2.15 bits per heavy atom. The minimum absolute atomic E-state index is 0.0427. The smallest absolute Gasteiger partial charge is 0.320 e. The van der Waals surface area contributed by atoms with Crippen LogP contribution in [0.4, 0.5) is 10.6 Å². The molecule has 3 rings (SSSR count). The fourth-order valence-electron chi connectivity index (χ4n) is 2.46. The van der Waals surface area contributed by atoms with Crippen LogP contribution in [0.3, 0.4) is 0 Å². The van der Waals surface area contributed by atoms with E-state index in [1.165, 1.54) is 0 Å². The number of anilines is 1. The maximum atomic E-state index is 12.0. The Bertz CT molecular complexity index is 657. The van der Waals surface area contributed by atoms with Crippen LogP contribution in [-0.2, 0) is 6.54 Å². The van der Waals surface area contributed by atoms with Gasteiger partial charge in [-0.3, -0.25) is 0 Å². The molecule has 0 spiro atoms. The molecule has 1 fully saturated rings. The first-order valence-electron chi connectivity index (χ1n) is 6.54. The van der Waals surface area contributed by atoms with Gasteiger partial charge in [0.2, 0.25) is 0 Å². The fourth-order valence-corrected chi connectivity index (χ4v) is 2.46. The molecule has 3 N–H and O–H groups in total. The molecule has 0 unspecified atom stereocenters. The van der Waals surface area contributed by atoms with Crippen molar-refractivity contribution in [2.45, 2.75) is 6.54 Å². The number of nitrogens with one attached hydrogen (secondary N) is 1. The summed E-state index contributed by atoms with van der Waals surface area (Å²) in [6.45, 7) is 2.00. The number of pyridine rings is 1. The molecule has 1 aliphatic heterocycles. The summed E-state index contributed by atoms with van der Waals surface area (Å²) in [5.41, 5.74) is 4.43. The number of fused-ring (bicyclic) bond motifs is 1. The number of carbonyl (C=O) groups excluding carboxylic acids is 1. The number of carbonyl (C=O) groups is 1. The number of rotatable bonds is 3. The number of aromatic nitrogens is 1. The van der Waals surface area contributed by atoms with Crippen LogP contribution < -0.4 is 11.3 Å². The van der Waals surface area contributed by atoms with Crippen LogP contribution in [0.1, 0.15) is 5.56 Å². The zero-order chi connectivity index (χ0) is 14.1. The molecule has 6 heteroatoms. The Labute approximate surface area is 117 Å². The molecule has 0 bridgehead atoms. The highest BCUT2D eigenvalue weighted by molar-refractivity contribution is 5.82. The topological polar surface area (TPSA) is 74.5 Å². The van der Waals surface area contributed by atoms with Crippen LogP contribution in [0, 0.1) is 0 Å². The SMILES string of the molecule is CN1CCN(Cc2cc3ccccc3nc2NN)C1=O. The maximum Gasteiger partial charge on any atom is 0.320 e. The molecule has 104 valence electrons. The van der Waals surface area contributed by atoms with Gasteiger partial charge in [0.05, 0.1) is 12.1 Å². The standard InChI is InChI=1S/C14H17N5O/c1-18-6-7-19(14(18)20)9-11-8-10-4-2-3-5-12(10)16-13(11)17-15/h2-5,8H,6-7,9,15H2,1H3,(H,16,17). The highest BCUT2D eigenvalue weighted by Gasteiger charge is 2.26. The molecule has 0 atom stereocenters. The predicted molar refractivity (Wildman–Crippen MR) is 78.0 cm³/mol. The summed E-state index contributed by atoms with van der Waals surface area (Å²) >= 11 is 0. The van der Waals surface area contributed by atoms with E-state index in [9.17, 15) is 4.79 Å². The average molecular weight is 271 g/mol. The third kappa shape index (κ3) is 2.14. The molecule has 1 aliphatic rings. The monoisotopic (exact) mass is 271 g/mol. The summed E-state index contributed by atoms with van der Waals surface area (Å²) in [7, 11) is 1.81. The number of urea groups is 1. The Morgan fingerprint density at radius 1 is 1.35 bits per heavy atom. The van der Waals surface area contributed by atoms with Gasteiger partial charge in [0.25, 0.3) is 0 Å². The molecular formula is C14H17N5O. The fraction of sp³-hybridized carbons (Fsp3) is 0.286. The van der Waals surface area contributed by atoms with Gasteiger partial charge in [-0.15, -0.1) is 0 Å². The molecule has 0 aliphatic carbocycles. The number of amides is 2. The number of para-hydroxylation sites is 1. The maximum absolute atomic E-state index is 12.0. The summed E-state index contributed by atoms with van der Waals surface area (Å²) in [6, 6.07) is 9.93. The van der Waals surface area contributed by atoms with Crippen molar-refractivity contribution in [1.82, 2.24) is 14.8 Å². The van der Waals surface area contributed by atoms with Crippen molar-refractivity contribution in [3.63, 3.8) is 0 Å². The van der Waals surface area contributed by atoms with E-state index in [0.29, 0.717) is 12.4 Å². The summed E-state index contributed by atoms with van der Waals surface area (Å²) in [5.74, 6) is 6.17. The molecule has 0 saturated carbocycles. The van der Waals surface area contributed by atoms with Crippen LogP contribution in [0.5, 0.6) is 0 Å². The van der Waals surface area contributed by atoms with Gasteiger partial charge in [-0.2, -0.15) is 0 Å². The summed E-state index contributed by atoms with van der Waals surface area (Å²) in [5, 5.41) is 1.04. The number of nitrogens with two attached hydrogens (primary N) is 1. The van der Waals surface area contributed by atoms with Crippen molar-refractivity contribution >= 4 is 22.8 Å². The number of likely N-dealkylation sites (N-methyl/N-ethyl adjacent to an activating group) is 1. The van der Waals surface area contributed by atoms with Crippen LogP contribution in [0.15, 0.2) is 30.3 Å². The van der Waals surface area contributed by atoms with E-state index in [-0.39, 0.29) is 6.03 Å². The molecule has 0 radical (unpaired) electrons. The lowest BCUT2D eigenvalue weighted by Crippen LogP contribution is -2.29. The Kier molecular flexibility index (Phi) is 3.15. The van der Waals surface area contributed by atoms with Crippen molar-refractivity contribution in [2.75, 3.05) is 25.6 Å². The first kappa shape index (κ1) is 12.7. The van der Waals surface area contributed by atoms with Crippen LogP contribution in [-0.4, -0.2) is 41.0 Å². The summed E-state index contributed by atoms with van der Waals surface area (Å²) in [6.07, 6.45) is 0.